The van der Waals surface area contributed by atoms with Gasteiger partial charge in [0.1, 0.15) is 5.52 Å². The van der Waals surface area contributed by atoms with Crippen LogP contribution >= 0.6 is 0 Å². The summed E-state index contributed by atoms with van der Waals surface area (Å²) in [6.07, 6.45) is 0.0788. The van der Waals surface area contributed by atoms with Gasteiger partial charge < -0.3 is 9.15 Å². The maximum atomic E-state index is 13.0. The Balaban J connectivity index is 2.74. The molecule has 0 saturated heterocycles. The molecule has 0 saturated carbocycles. The Hall–Kier alpha value is -1.58. The predicted molar refractivity (Wildman–Crippen MR) is 40.5 cm³/mol. The quantitative estimate of drug-likeness (QED) is 0.651. The van der Waals surface area contributed by atoms with Gasteiger partial charge in [0.05, 0.1) is 7.11 Å². The van der Waals surface area contributed by atoms with Crippen molar-refractivity contribution in [2.75, 3.05) is 7.11 Å². The van der Waals surface area contributed by atoms with Gasteiger partial charge in [-0.2, -0.15) is 4.98 Å². The van der Waals surface area contributed by atoms with E-state index < -0.39 is 5.82 Å². The van der Waals surface area contributed by atoms with Crippen LogP contribution in [0.15, 0.2) is 22.6 Å². The van der Waals surface area contributed by atoms with Gasteiger partial charge in [-0.15, -0.1) is 0 Å². The molecule has 62 valence electrons. The second-order valence-corrected chi connectivity index (χ2v) is 2.27. The SMILES string of the molecule is COc1nc2c(F)cccc2o1. The summed E-state index contributed by atoms with van der Waals surface area (Å²) < 4.78 is 22.7. The normalized spacial score (nSPS) is 10.5. The fraction of sp³-hybridized carbons (Fsp3) is 0.125. The fourth-order valence-electron chi connectivity index (χ4n) is 0.982. The van der Waals surface area contributed by atoms with Crippen molar-refractivity contribution in [1.29, 1.82) is 0 Å². The lowest BCUT2D eigenvalue weighted by Gasteiger charge is -1.84. The first kappa shape index (κ1) is 7.09. The number of aromatic nitrogens is 1. The summed E-state index contributed by atoms with van der Waals surface area (Å²) in [7, 11) is 1.42. The molecule has 0 bridgehead atoms. The second kappa shape index (κ2) is 2.48. The van der Waals surface area contributed by atoms with E-state index in [0.717, 1.165) is 0 Å². The number of oxazole rings is 1. The van der Waals surface area contributed by atoms with E-state index in [-0.39, 0.29) is 11.6 Å². The lowest BCUT2D eigenvalue weighted by molar-refractivity contribution is 0.299. The second-order valence-electron chi connectivity index (χ2n) is 2.27. The van der Waals surface area contributed by atoms with Crippen LogP contribution in [0.2, 0.25) is 0 Å². The summed E-state index contributed by atoms with van der Waals surface area (Å²) in [5, 5.41) is 0. The molecule has 0 amide bonds. The topological polar surface area (TPSA) is 35.3 Å². The van der Waals surface area contributed by atoms with Crippen LogP contribution in [0.4, 0.5) is 4.39 Å². The summed E-state index contributed by atoms with van der Waals surface area (Å²) in [5.41, 5.74) is 0.598. The lowest BCUT2D eigenvalue weighted by Crippen LogP contribution is -1.80. The summed E-state index contributed by atoms with van der Waals surface area (Å²) in [4.78, 5) is 3.77. The number of halogens is 1. The van der Waals surface area contributed by atoms with Crippen molar-refractivity contribution < 1.29 is 13.5 Å². The first-order valence-corrected chi connectivity index (χ1v) is 3.40. The van der Waals surface area contributed by atoms with Crippen molar-refractivity contribution in [3.8, 4) is 6.08 Å². The Morgan fingerprint density at radius 2 is 2.33 bits per heavy atom. The minimum absolute atomic E-state index is 0.0788. The minimum atomic E-state index is -0.403. The van der Waals surface area contributed by atoms with Crippen molar-refractivity contribution >= 4 is 11.1 Å². The van der Waals surface area contributed by atoms with Crippen LogP contribution in [0, 0.1) is 5.82 Å². The summed E-state index contributed by atoms with van der Waals surface area (Å²) in [5.74, 6) is -0.403. The van der Waals surface area contributed by atoms with Gasteiger partial charge in [0, 0.05) is 0 Å². The molecule has 2 rings (SSSR count). The van der Waals surface area contributed by atoms with Gasteiger partial charge in [0.15, 0.2) is 11.4 Å². The lowest BCUT2D eigenvalue weighted by atomic mass is 10.3. The van der Waals surface area contributed by atoms with Gasteiger partial charge in [-0.25, -0.2) is 4.39 Å². The molecule has 0 radical (unpaired) electrons. The number of hydrogen-bond donors (Lipinski definition) is 0. The van der Waals surface area contributed by atoms with E-state index in [1.165, 1.54) is 13.2 Å². The molecular formula is C8H6FNO2. The Morgan fingerprint density at radius 3 is 3.00 bits per heavy atom. The fourth-order valence-corrected chi connectivity index (χ4v) is 0.982. The molecule has 0 unspecified atom stereocenters. The zero-order chi connectivity index (χ0) is 8.55. The van der Waals surface area contributed by atoms with Crippen LogP contribution in [0.25, 0.3) is 11.1 Å². The van der Waals surface area contributed by atoms with E-state index >= 15 is 0 Å². The molecular weight excluding hydrogens is 161 g/mol. The average molecular weight is 167 g/mol. The van der Waals surface area contributed by atoms with Crippen LogP contribution in [0.3, 0.4) is 0 Å². The molecule has 2 aromatic rings. The Labute approximate surface area is 67.8 Å². The molecule has 3 nitrogen and oxygen atoms in total. The maximum absolute atomic E-state index is 13.0. The number of para-hydroxylation sites is 1. The van der Waals surface area contributed by atoms with E-state index in [1.807, 2.05) is 0 Å². The van der Waals surface area contributed by atoms with Gasteiger partial charge in [-0.3, -0.25) is 0 Å². The number of benzene rings is 1. The molecule has 12 heavy (non-hydrogen) atoms. The summed E-state index contributed by atoms with van der Waals surface area (Å²) in [6.45, 7) is 0. The number of rotatable bonds is 1. The van der Waals surface area contributed by atoms with Gasteiger partial charge >= 0.3 is 6.08 Å². The Morgan fingerprint density at radius 1 is 1.50 bits per heavy atom. The third kappa shape index (κ3) is 0.922. The van der Waals surface area contributed by atoms with Crippen molar-refractivity contribution in [3.63, 3.8) is 0 Å². The highest BCUT2D eigenvalue weighted by molar-refractivity contribution is 5.73. The van der Waals surface area contributed by atoms with Gasteiger partial charge in [0.25, 0.3) is 0 Å². The van der Waals surface area contributed by atoms with Crippen LogP contribution in [0.5, 0.6) is 6.08 Å². The van der Waals surface area contributed by atoms with Crippen LogP contribution in [-0.4, -0.2) is 12.1 Å². The van der Waals surface area contributed by atoms with Gasteiger partial charge in [-0.1, -0.05) is 6.07 Å². The Bertz CT molecular complexity index is 410. The zero-order valence-electron chi connectivity index (χ0n) is 6.37. The molecule has 0 aliphatic rings. The van der Waals surface area contributed by atoms with Crippen LogP contribution < -0.4 is 4.74 Å². The van der Waals surface area contributed by atoms with Crippen molar-refractivity contribution in [1.82, 2.24) is 4.98 Å². The highest BCUT2D eigenvalue weighted by atomic mass is 19.1. The van der Waals surface area contributed by atoms with Gasteiger partial charge in [-0.05, 0) is 12.1 Å². The average Bonchev–Trinajstić information content (AvgIpc) is 2.49. The molecule has 0 spiro atoms. The number of methoxy groups -OCH3 is 1. The van der Waals surface area contributed by atoms with Crippen molar-refractivity contribution in [3.05, 3.63) is 24.0 Å². The number of hydrogen-bond acceptors (Lipinski definition) is 3. The number of ether oxygens (including phenoxy) is 1. The maximum Gasteiger partial charge on any atom is 0.394 e. The third-order valence-corrected chi connectivity index (χ3v) is 1.52. The third-order valence-electron chi connectivity index (χ3n) is 1.52. The van der Waals surface area contributed by atoms with Crippen molar-refractivity contribution in [2.24, 2.45) is 0 Å². The first-order valence-electron chi connectivity index (χ1n) is 3.40. The summed E-state index contributed by atoms with van der Waals surface area (Å²) in [6, 6.07) is 4.51. The molecule has 1 aromatic heterocycles. The molecule has 0 aliphatic heterocycles. The van der Waals surface area contributed by atoms with E-state index in [2.05, 4.69) is 4.98 Å². The van der Waals surface area contributed by atoms with Gasteiger partial charge in [0.2, 0.25) is 0 Å². The minimum Gasteiger partial charge on any atom is -0.453 e. The number of fused-ring (bicyclic) bond motifs is 1. The highest BCUT2D eigenvalue weighted by Gasteiger charge is 2.08. The molecule has 0 aliphatic carbocycles. The standard InChI is InChI=1S/C8H6FNO2/c1-11-8-10-7-5(9)3-2-4-6(7)12-8/h2-4H,1H3. The molecule has 0 N–H and O–H groups in total. The Kier molecular flexibility index (Phi) is 1.46. The van der Waals surface area contributed by atoms with E-state index in [4.69, 9.17) is 9.15 Å². The first-order chi connectivity index (χ1) is 5.81. The zero-order valence-corrected chi connectivity index (χ0v) is 6.37. The molecule has 1 aromatic carbocycles. The van der Waals surface area contributed by atoms with Crippen molar-refractivity contribution in [2.45, 2.75) is 0 Å². The monoisotopic (exact) mass is 167 g/mol. The van der Waals surface area contributed by atoms with E-state index in [9.17, 15) is 4.39 Å². The van der Waals surface area contributed by atoms with E-state index in [0.29, 0.717) is 5.58 Å². The molecule has 0 fully saturated rings. The summed E-state index contributed by atoms with van der Waals surface area (Å²) >= 11 is 0. The highest BCUT2D eigenvalue weighted by Crippen LogP contribution is 2.21. The molecule has 0 atom stereocenters. The van der Waals surface area contributed by atoms with E-state index in [1.54, 1.807) is 12.1 Å². The predicted octanol–water partition coefficient (Wildman–Crippen LogP) is 1.98. The van der Waals surface area contributed by atoms with Crippen LogP contribution in [-0.2, 0) is 0 Å². The molecule has 1 heterocycles. The smallest absolute Gasteiger partial charge is 0.394 e. The van der Waals surface area contributed by atoms with Crippen LogP contribution in [0.1, 0.15) is 0 Å². The largest absolute Gasteiger partial charge is 0.453 e. The number of nitrogens with zero attached hydrogens (tertiary/aromatic N) is 1. The molecule has 4 heteroatoms.